The van der Waals surface area contributed by atoms with E-state index in [1.165, 1.54) is 19.3 Å². The van der Waals surface area contributed by atoms with Crippen molar-refractivity contribution in [2.24, 2.45) is 40.9 Å². The minimum absolute atomic E-state index is 0.0212. The zero-order chi connectivity index (χ0) is 18.2. The van der Waals surface area contributed by atoms with E-state index in [0.29, 0.717) is 23.7 Å². The Hall–Kier alpha value is -0.120. The van der Waals surface area contributed by atoms with Gasteiger partial charge in [0, 0.05) is 6.61 Å². The molecule has 25 heavy (non-hydrogen) atoms. The van der Waals surface area contributed by atoms with E-state index in [0.717, 1.165) is 44.4 Å². The first kappa shape index (κ1) is 19.6. The van der Waals surface area contributed by atoms with Crippen LogP contribution < -0.4 is 0 Å². The Balaban J connectivity index is 1.85. The fourth-order valence-corrected chi connectivity index (χ4v) is 7.08. The molecule has 3 unspecified atom stereocenters. The summed E-state index contributed by atoms with van der Waals surface area (Å²) in [6, 6.07) is 0. The van der Waals surface area contributed by atoms with E-state index in [9.17, 15) is 15.3 Å². The third-order valence-corrected chi connectivity index (χ3v) is 8.65. The fourth-order valence-electron chi connectivity index (χ4n) is 7.08. The van der Waals surface area contributed by atoms with E-state index >= 15 is 0 Å². The number of hydrogen-bond donors (Lipinski definition) is 3. The molecule has 0 heterocycles. The molecule has 0 radical (unpaired) electrons. The lowest BCUT2D eigenvalue weighted by Gasteiger charge is -2.54. The monoisotopic (exact) mass is 352 g/mol. The van der Waals surface area contributed by atoms with Crippen LogP contribution in [0.25, 0.3) is 0 Å². The normalized spacial score (nSPS) is 49.9. The van der Waals surface area contributed by atoms with Crippen LogP contribution >= 0.6 is 0 Å². The molecule has 0 aromatic heterocycles. The van der Waals surface area contributed by atoms with Crippen LogP contribution in [0.2, 0.25) is 0 Å². The van der Waals surface area contributed by atoms with Gasteiger partial charge in [0.2, 0.25) is 0 Å². The molecule has 146 valence electrons. The van der Waals surface area contributed by atoms with Crippen molar-refractivity contribution in [1.29, 1.82) is 0 Å². The molecular weight excluding hydrogens is 312 g/mol. The summed E-state index contributed by atoms with van der Waals surface area (Å²) in [5.41, 5.74) is -0.0212. The van der Waals surface area contributed by atoms with Gasteiger partial charge in [-0.25, -0.2) is 0 Å². The largest absolute Gasteiger partial charge is 0.396 e. The van der Waals surface area contributed by atoms with Crippen LogP contribution in [0, 0.1) is 40.9 Å². The quantitative estimate of drug-likeness (QED) is 0.704. The third-order valence-electron chi connectivity index (χ3n) is 8.65. The van der Waals surface area contributed by atoms with Crippen LogP contribution in [0.5, 0.6) is 0 Å². The molecule has 3 aliphatic rings. The molecule has 0 bridgehead atoms. The van der Waals surface area contributed by atoms with E-state index in [2.05, 4.69) is 20.8 Å². The predicted octanol–water partition coefficient (Wildman–Crippen LogP) is 4.00. The molecule has 0 aliphatic heterocycles. The van der Waals surface area contributed by atoms with Crippen molar-refractivity contribution < 1.29 is 15.3 Å². The third kappa shape index (κ3) is 3.53. The first-order chi connectivity index (χ1) is 11.9. The van der Waals surface area contributed by atoms with Crippen molar-refractivity contribution >= 4 is 0 Å². The van der Waals surface area contributed by atoms with Gasteiger partial charge in [-0.05, 0) is 85.9 Å². The van der Waals surface area contributed by atoms with Gasteiger partial charge in [0.05, 0.1) is 12.2 Å². The average Bonchev–Trinajstić information content (AvgIpc) is 2.95. The number of aliphatic hydroxyl groups is 3. The van der Waals surface area contributed by atoms with Crippen molar-refractivity contribution in [3.63, 3.8) is 0 Å². The van der Waals surface area contributed by atoms with Crippen LogP contribution in [0.15, 0.2) is 0 Å². The van der Waals surface area contributed by atoms with Gasteiger partial charge in [-0.1, -0.05) is 33.6 Å². The molecule has 9 atom stereocenters. The van der Waals surface area contributed by atoms with Crippen LogP contribution in [-0.2, 0) is 0 Å². The Morgan fingerprint density at radius 2 is 1.68 bits per heavy atom. The van der Waals surface area contributed by atoms with E-state index in [1.807, 2.05) is 0 Å². The Bertz CT molecular complexity index is 439. The van der Waals surface area contributed by atoms with Crippen molar-refractivity contribution in [3.8, 4) is 0 Å². The standard InChI is InChI=1S/C22H40O3/c1-14-8-9-16(24)6-4-5-7-17-18(14)12-21(25)22(3)19(15(2)13-23)10-11-20(17)22/h14-21,23-25H,4-13H2,1-3H3/t14-,15+,16-,17?,18?,19+,20?,21-,22+/m0/s1. The highest BCUT2D eigenvalue weighted by atomic mass is 16.3. The van der Waals surface area contributed by atoms with E-state index in [4.69, 9.17) is 0 Å². The van der Waals surface area contributed by atoms with Crippen LogP contribution in [0.4, 0.5) is 0 Å². The average molecular weight is 353 g/mol. The molecule has 3 saturated carbocycles. The maximum Gasteiger partial charge on any atom is 0.0602 e. The van der Waals surface area contributed by atoms with E-state index in [1.54, 1.807) is 0 Å². The Labute approximate surface area is 154 Å². The summed E-state index contributed by atoms with van der Waals surface area (Å²) < 4.78 is 0. The summed E-state index contributed by atoms with van der Waals surface area (Å²) in [5.74, 6) is 3.24. The minimum atomic E-state index is -0.240. The van der Waals surface area contributed by atoms with Gasteiger partial charge in [0.1, 0.15) is 0 Å². The lowest BCUT2D eigenvalue weighted by molar-refractivity contribution is -0.125. The number of rotatable bonds is 2. The lowest BCUT2D eigenvalue weighted by atomic mass is 9.52. The van der Waals surface area contributed by atoms with Gasteiger partial charge in [-0.15, -0.1) is 0 Å². The van der Waals surface area contributed by atoms with Crippen LogP contribution in [-0.4, -0.2) is 34.1 Å². The number of fused-ring (bicyclic) bond motifs is 3. The Morgan fingerprint density at radius 3 is 2.40 bits per heavy atom. The summed E-state index contributed by atoms with van der Waals surface area (Å²) >= 11 is 0. The van der Waals surface area contributed by atoms with Crippen molar-refractivity contribution in [1.82, 2.24) is 0 Å². The van der Waals surface area contributed by atoms with Crippen LogP contribution in [0.1, 0.15) is 78.6 Å². The van der Waals surface area contributed by atoms with Crippen molar-refractivity contribution in [3.05, 3.63) is 0 Å². The summed E-state index contributed by atoms with van der Waals surface area (Å²) in [5, 5.41) is 31.1. The smallest absolute Gasteiger partial charge is 0.0602 e. The second-order valence-electron chi connectivity index (χ2n) is 9.89. The van der Waals surface area contributed by atoms with Gasteiger partial charge < -0.3 is 15.3 Å². The second kappa shape index (κ2) is 7.86. The zero-order valence-electron chi connectivity index (χ0n) is 16.5. The maximum atomic E-state index is 11.2. The molecule has 0 aromatic rings. The van der Waals surface area contributed by atoms with E-state index < -0.39 is 0 Å². The topological polar surface area (TPSA) is 60.7 Å². The van der Waals surface area contributed by atoms with Crippen LogP contribution in [0.3, 0.4) is 0 Å². The summed E-state index contributed by atoms with van der Waals surface area (Å²) in [6.45, 7) is 7.08. The Kier molecular flexibility index (Phi) is 6.17. The van der Waals surface area contributed by atoms with Gasteiger partial charge in [-0.3, -0.25) is 0 Å². The molecule has 3 fully saturated rings. The summed E-state index contributed by atoms with van der Waals surface area (Å²) in [4.78, 5) is 0. The summed E-state index contributed by atoms with van der Waals surface area (Å²) in [6.07, 6.45) is 9.53. The van der Waals surface area contributed by atoms with Gasteiger partial charge in [-0.2, -0.15) is 0 Å². The highest BCUT2D eigenvalue weighted by Crippen LogP contribution is 2.62. The molecule has 3 rings (SSSR count). The van der Waals surface area contributed by atoms with Crippen molar-refractivity contribution in [2.75, 3.05) is 6.61 Å². The first-order valence-electron chi connectivity index (χ1n) is 10.9. The maximum absolute atomic E-state index is 11.2. The molecular formula is C22H40O3. The summed E-state index contributed by atoms with van der Waals surface area (Å²) in [7, 11) is 0. The second-order valence-corrected chi connectivity index (χ2v) is 9.89. The van der Waals surface area contributed by atoms with Crippen molar-refractivity contribution in [2.45, 2.75) is 90.8 Å². The SMILES string of the molecule is C[C@H](CO)[C@H]1CCC2C3CCCC[C@H](O)CC[C@H](C)C3C[C@H](O)[C@@]21C. The molecule has 3 aliphatic carbocycles. The molecule has 0 spiro atoms. The molecule has 3 nitrogen and oxygen atoms in total. The van der Waals surface area contributed by atoms with Gasteiger partial charge in [0.15, 0.2) is 0 Å². The lowest BCUT2D eigenvalue weighted by Crippen LogP contribution is -2.53. The Morgan fingerprint density at radius 1 is 0.960 bits per heavy atom. The molecule has 0 amide bonds. The van der Waals surface area contributed by atoms with Gasteiger partial charge >= 0.3 is 0 Å². The number of hydrogen-bond acceptors (Lipinski definition) is 3. The highest BCUT2D eigenvalue weighted by Gasteiger charge is 2.59. The van der Waals surface area contributed by atoms with E-state index in [-0.39, 0.29) is 30.1 Å². The molecule has 0 aromatic carbocycles. The molecule has 3 N–H and O–H groups in total. The number of aliphatic hydroxyl groups excluding tert-OH is 3. The fraction of sp³-hybridized carbons (Fsp3) is 1.00. The zero-order valence-corrected chi connectivity index (χ0v) is 16.5. The molecule has 3 heteroatoms. The predicted molar refractivity (Wildman–Crippen MR) is 101 cm³/mol. The molecule has 0 saturated heterocycles. The van der Waals surface area contributed by atoms with Gasteiger partial charge in [0.25, 0.3) is 0 Å². The first-order valence-corrected chi connectivity index (χ1v) is 10.9. The highest BCUT2D eigenvalue weighted by molar-refractivity contribution is 5.08. The minimum Gasteiger partial charge on any atom is -0.396 e.